The summed E-state index contributed by atoms with van der Waals surface area (Å²) >= 11 is 11.9. The first-order valence-corrected chi connectivity index (χ1v) is 6.94. The Morgan fingerprint density at radius 3 is 2.39 bits per heavy atom. The molecule has 4 heteroatoms. The Balaban J connectivity index is 2.78. The maximum absolute atomic E-state index is 9.92. The van der Waals surface area contributed by atoms with Crippen LogP contribution >= 0.6 is 23.2 Å². The Kier molecular flexibility index (Phi) is 5.77. The van der Waals surface area contributed by atoms with Crippen LogP contribution < -0.4 is 0 Å². The van der Waals surface area contributed by atoms with Gasteiger partial charge in [0.1, 0.15) is 5.75 Å². The zero-order valence-electron chi connectivity index (χ0n) is 11.4. The SMILES string of the molecule is CC(C)CC(C)N(C)Cc1cc(Cl)cc(Cl)c1O. The van der Waals surface area contributed by atoms with Gasteiger partial charge in [-0.15, -0.1) is 0 Å². The van der Waals surface area contributed by atoms with E-state index in [1.165, 1.54) is 0 Å². The number of benzene rings is 1. The Hall–Kier alpha value is -0.440. The molecule has 18 heavy (non-hydrogen) atoms. The molecule has 0 saturated carbocycles. The maximum atomic E-state index is 9.92. The third-order valence-electron chi connectivity index (χ3n) is 3.09. The number of phenolic OH excluding ortho intramolecular Hbond substituents is 1. The van der Waals surface area contributed by atoms with E-state index in [4.69, 9.17) is 23.2 Å². The summed E-state index contributed by atoms with van der Waals surface area (Å²) in [5.41, 5.74) is 0.769. The minimum Gasteiger partial charge on any atom is -0.506 e. The zero-order chi connectivity index (χ0) is 13.9. The first kappa shape index (κ1) is 15.6. The molecule has 2 nitrogen and oxygen atoms in total. The van der Waals surface area contributed by atoms with Crippen molar-refractivity contribution in [2.75, 3.05) is 7.05 Å². The van der Waals surface area contributed by atoms with Crippen LogP contribution in [0.5, 0.6) is 5.75 Å². The average molecular weight is 290 g/mol. The molecule has 102 valence electrons. The summed E-state index contributed by atoms with van der Waals surface area (Å²) in [6.45, 7) is 7.24. The molecular weight excluding hydrogens is 269 g/mol. The smallest absolute Gasteiger partial charge is 0.138 e. The van der Waals surface area contributed by atoms with Gasteiger partial charge in [0.2, 0.25) is 0 Å². The molecule has 0 aliphatic carbocycles. The summed E-state index contributed by atoms with van der Waals surface area (Å²) in [5, 5.41) is 10.8. The molecule has 1 N–H and O–H groups in total. The lowest BCUT2D eigenvalue weighted by Crippen LogP contribution is -2.29. The Labute approximate surface area is 120 Å². The van der Waals surface area contributed by atoms with Gasteiger partial charge in [-0.1, -0.05) is 37.0 Å². The number of halogens is 2. The van der Waals surface area contributed by atoms with Gasteiger partial charge in [0, 0.05) is 23.2 Å². The molecule has 1 aromatic carbocycles. The van der Waals surface area contributed by atoms with Gasteiger partial charge in [-0.05, 0) is 38.4 Å². The molecule has 0 spiro atoms. The van der Waals surface area contributed by atoms with E-state index < -0.39 is 0 Å². The van der Waals surface area contributed by atoms with Gasteiger partial charge in [-0.2, -0.15) is 0 Å². The molecule has 0 radical (unpaired) electrons. The number of phenols is 1. The van der Waals surface area contributed by atoms with Crippen LogP contribution in [0.2, 0.25) is 10.0 Å². The molecule has 0 aliphatic rings. The van der Waals surface area contributed by atoms with Crippen LogP contribution in [0.4, 0.5) is 0 Å². The van der Waals surface area contributed by atoms with Gasteiger partial charge in [0.25, 0.3) is 0 Å². The van der Waals surface area contributed by atoms with E-state index in [9.17, 15) is 5.11 Å². The summed E-state index contributed by atoms with van der Waals surface area (Å²) < 4.78 is 0. The van der Waals surface area contributed by atoms with Crippen LogP contribution in [-0.2, 0) is 6.54 Å². The monoisotopic (exact) mass is 289 g/mol. The van der Waals surface area contributed by atoms with Crippen molar-refractivity contribution < 1.29 is 5.11 Å². The van der Waals surface area contributed by atoms with E-state index in [1.807, 2.05) is 7.05 Å². The fourth-order valence-electron chi connectivity index (χ4n) is 2.03. The largest absolute Gasteiger partial charge is 0.506 e. The van der Waals surface area contributed by atoms with E-state index >= 15 is 0 Å². The van der Waals surface area contributed by atoms with Gasteiger partial charge in [-0.25, -0.2) is 0 Å². The molecule has 0 fully saturated rings. The molecular formula is C14H21Cl2NO. The molecule has 1 unspecified atom stereocenters. The van der Waals surface area contributed by atoms with Crippen molar-refractivity contribution in [2.24, 2.45) is 5.92 Å². The quantitative estimate of drug-likeness (QED) is 0.859. The minimum absolute atomic E-state index is 0.129. The molecule has 1 atom stereocenters. The number of aromatic hydroxyl groups is 1. The van der Waals surface area contributed by atoms with Crippen molar-refractivity contribution in [3.8, 4) is 5.75 Å². The zero-order valence-corrected chi connectivity index (χ0v) is 12.9. The summed E-state index contributed by atoms with van der Waals surface area (Å²) in [4.78, 5) is 2.20. The van der Waals surface area contributed by atoms with Crippen LogP contribution in [0.3, 0.4) is 0 Å². The van der Waals surface area contributed by atoms with Crippen LogP contribution in [0.15, 0.2) is 12.1 Å². The number of nitrogens with zero attached hydrogens (tertiary/aromatic N) is 1. The van der Waals surface area contributed by atoms with Crippen molar-refractivity contribution in [2.45, 2.75) is 39.8 Å². The van der Waals surface area contributed by atoms with Crippen LogP contribution in [0, 0.1) is 5.92 Å². The number of hydrogen-bond donors (Lipinski definition) is 1. The normalized spacial score (nSPS) is 13.3. The summed E-state index contributed by atoms with van der Waals surface area (Å²) in [7, 11) is 2.04. The van der Waals surface area contributed by atoms with E-state index in [0.29, 0.717) is 28.5 Å². The van der Waals surface area contributed by atoms with E-state index in [0.717, 1.165) is 12.0 Å². The third-order valence-corrected chi connectivity index (χ3v) is 3.60. The average Bonchev–Trinajstić information content (AvgIpc) is 2.24. The number of hydrogen-bond acceptors (Lipinski definition) is 2. The molecule has 0 bridgehead atoms. The summed E-state index contributed by atoms with van der Waals surface area (Å²) in [6.07, 6.45) is 1.12. The highest BCUT2D eigenvalue weighted by Crippen LogP contribution is 2.32. The van der Waals surface area contributed by atoms with Gasteiger partial charge in [-0.3, -0.25) is 4.90 Å². The Morgan fingerprint density at radius 1 is 1.22 bits per heavy atom. The van der Waals surface area contributed by atoms with E-state index in [2.05, 4.69) is 25.7 Å². The predicted octanol–water partition coefficient (Wildman–Crippen LogP) is 4.57. The first-order valence-electron chi connectivity index (χ1n) is 6.18. The fourth-order valence-corrected chi connectivity index (χ4v) is 2.56. The molecule has 1 aromatic rings. The third kappa shape index (κ3) is 4.34. The fraction of sp³-hybridized carbons (Fsp3) is 0.571. The predicted molar refractivity (Wildman–Crippen MR) is 78.5 cm³/mol. The standard InChI is InChI=1S/C14H21Cl2NO/c1-9(2)5-10(3)17(4)8-11-6-12(15)7-13(16)14(11)18/h6-7,9-10,18H,5,8H2,1-4H3. The second-order valence-electron chi connectivity index (χ2n) is 5.29. The topological polar surface area (TPSA) is 23.5 Å². The van der Waals surface area contributed by atoms with Crippen molar-refractivity contribution >= 4 is 23.2 Å². The second kappa shape index (κ2) is 6.65. The summed E-state index contributed by atoms with van der Waals surface area (Å²) in [6, 6.07) is 3.77. The summed E-state index contributed by atoms with van der Waals surface area (Å²) in [5.74, 6) is 0.781. The van der Waals surface area contributed by atoms with Gasteiger partial charge < -0.3 is 5.11 Å². The van der Waals surface area contributed by atoms with Crippen LogP contribution in [0.25, 0.3) is 0 Å². The second-order valence-corrected chi connectivity index (χ2v) is 6.13. The van der Waals surface area contributed by atoms with E-state index in [1.54, 1.807) is 12.1 Å². The van der Waals surface area contributed by atoms with Crippen molar-refractivity contribution in [1.29, 1.82) is 0 Å². The van der Waals surface area contributed by atoms with Crippen LogP contribution in [0.1, 0.15) is 32.8 Å². The number of rotatable bonds is 5. The molecule has 0 heterocycles. The lowest BCUT2D eigenvalue weighted by molar-refractivity contribution is 0.218. The minimum atomic E-state index is 0.129. The van der Waals surface area contributed by atoms with Crippen molar-refractivity contribution in [3.63, 3.8) is 0 Å². The van der Waals surface area contributed by atoms with Crippen LogP contribution in [-0.4, -0.2) is 23.1 Å². The molecule has 1 rings (SSSR count). The van der Waals surface area contributed by atoms with Gasteiger partial charge >= 0.3 is 0 Å². The molecule has 0 aromatic heterocycles. The first-order chi connectivity index (χ1) is 8.31. The highest BCUT2D eigenvalue weighted by Gasteiger charge is 2.15. The highest BCUT2D eigenvalue weighted by molar-refractivity contribution is 6.35. The maximum Gasteiger partial charge on any atom is 0.138 e. The van der Waals surface area contributed by atoms with Gasteiger partial charge in [0.15, 0.2) is 0 Å². The van der Waals surface area contributed by atoms with Crippen molar-refractivity contribution in [3.05, 3.63) is 27.7 Å². The lowest BCUT2D eigenvalue weighted by atomic mass is 10.0. The van der Waals surface area contributed by atoms with Gasteiger partial charge in [0.05, 0.1) is 5.02 Å². The molecule has 0 aliphatic heterocycles. The van der Waals surface area contributed by atoms with Crippen molar-refractivity contribution in [1.82, 2.24) is 4.90 Å². The highest BCUT2D eigenvalue weighted by atomic mass is 35.5. The molecule has 0 amide bonds. The van der Waals surface area contributed by atoms with E-state index in [-0.39, 0.29) is 5.75 Å². The Bertz CT molecular complexity index is 407. The lowest BCUT2D eigenvalue weighted by Gasteiger charge is -2.26. The molecule has 0 saturated heterocycles. The Morgan fingerprint density at radius 2 is 1.83 bits per heavy atom.